The van der Waals surface area contributed by atoms with Crippen LogP contribution in [0.1, 0.15) is 12.5 Å². The highest BCUT2D eigenvalue weighted by Crippen LogP contribution is 2.22. The van der Waals surface area contributed by atoms with E-state index in [1.165, 1.54) is 0 Å². The summed E-state index contributed by atoms with van der Waals surface area (Å²) in [6.07, 6.45) is 0.710. The van der Waals surface area contributed by atoms with Crippen LogP contribution in [0.2, 0.25) is 0 Å². The molecule has 0 amide bonds. The fourth-order valence-electron chi connectivity index (χ4n) is 2.57. The Morgan fingerprint density at radius 3 is 2.89 bits per heavy atom. The summed E-state index contributed by atoms with van der Waals surface area (Å²) in [7, 11) is 2.08. The first-order valence-corrected chi connectivity index (χ1v) is 6.25. The number of nitrogens with one attached hydrogen (secondary N) is 1. The third kappa shape index (κ3) is 2.68. The third-order valence-electron chi connectivity index (χ3n) is 3.69. The molecule has 1 fully saturated rings. The van der Waals surface area contributed by atoms with Gasteiger partial charge in [0.15, 0.2) is 0 Å². The van der Waals surface area contributed by atoms with Crippen molar-refractivity contribution in [1.82, 2.24) is 10.2 Å². The van der Waals surface area contributed by atoms with Gasteiger partial charge in [-0.05, 0) is 20.4 Å². The summed E-state index contributed by atoms with van der Waals surface area (Å²) < 4.78 is 0. The molecule has 0 aliphatic carbocycles. The van der Waals surface area contributed by atoms with Crippen LogP contribution in [0.3, 0.4) is 0 Å². The molecule has 0 bridgehead atoms. The van der Waals surface area contributed by atoms with E-state index in [0.717, 1.165) is 18.7 Å². The number of rotatable bonds is 3. The molecule has 5 heteroatoms. The highest BCUT2D eigenvalue weighted by Gasteiger charge is 2.27. The van der Waals surface area contributed by atoms with E-state index in [1.807, 2.05) is 12.1 Å². The van der Waals surface area contributed by atoms with Crippen LogP contribution in [0.4, 0.5) is 5.69 Å². The minimum atomic E-state index is -0.295. The minimum Gasteiger partial charge on any atom is -0.311 e. The number of nitro groups is 1. The fourth-order valence-corrected chi connectivity index (χ4v) is 2.57. The first-order chi connectivity index (χ1) is 8.59. The van der Waals surface area contributed by atoms with Gasteiger partial charge in [-0.2, -0.15) is 0 Å². The second-order valence-electron chi connectivity index (χ2n) is 4.88. The molecule has 1 aromatic rings. The molecular weight excluding hydrogens is 230 g/mol. The molecule has 0 aromatic heterocycles. The van der Waals surface area contributed by atoms with Crippen LogP contribution in [-0.2, 0) is 6.42 Å². The highest BCUT2D eigenvalue weighted by molar-refractivity contribution is 5.40. The van der Waals surface area contributed by atoms with E-state index in [1.54, 1.807) is 12.1 Å². The number of piperazine rings is 1. The molecule has 1 aliphatic heterocycles. The van der Waals surface area contributed by atoms with Gasteiger partial charge in [0.1, 0.15) is 0 Å². The maximum absolute atomic E-state index is 11.0. The normalized spacial score (nSPS) is 25.0. The zero-order valence-electron chi connectivity index (χ0n) is 10.8. The van der Waals surface area contributed by atoms with E-state index in [9.17, 15) is 10.1 Å². The van der Waals surface area contributed by atoms with E-state index < -0.39 is 0 Å². The Morgan fingerprint density at radius 2 is 2.22 bits per heavy atom. The van der Waals surface area contributed by atoms with Crippen LogP contribution in [0, 0.1) is 10.1 Å². The molecule has 1 N–H and O–H groups in total. The first-order valence-electron chi connectivity index (χ1n) is 6.25. The lowest BCUT2D eigenvalue weighted by Gasteiger charge is -2.38. The molecule has 2 atom stereocenters. The van der Waals surface area contributed by atoms with E-state index in [0.29, 0.717) is 18.5 Å². The number of para-hydroxylation sites is 1. The van der Waals surface area contributed by atoms with Crippen LogP contribution >= 0.6 is 0 Å². The Labute approximate surface area is 107 Å². The average molecular weight is 249 g/mol. The second-order valence-corrected chi connectivity index (χ2v) is 4.88. The number of hydrogen-bond acceptors (Lipinski definition) is 4. The van der Waals surface area contributed by atoms with Gasteiger partial charge in [0.25, 0.3) is 5.69 Å². The molecule has 0 spiro atoms. The standard InChI is InChI=1S/C13H19N3O2/c1-10-13(15(2)8-7-14-10)9-11-5-3-4-6-12(11)16(17)18/h3-6,10,13-14H,7-9H2,1-2H3. The van der Waals surface area contributed by atoms with Crippen molar-refractivity contribution >= 4 is 5.69 Å². The average Bonchev–Trinajstić information content (AvgIpc) is 2.34. The van der Waals surface area contributed by atoms with Gasteiger partial charge in [-0.3, -0.25) is 10.1 Å². The summed E-state index contributed by atoms with van der Waals surface area (Å²) in [5.41, 5.74) is 1.04. The van der Waals surface area contributed by atoms with Gasteiger partial charge in [-0.1, -0.05) is 18.2 Å². The third-order valence-corrected chi connectivity index (χ3v) is 3.69. The van der Waals surface area contributed by atoms with Crippen molar-refractivity contribution in [2.24, 2.45) is 0 Å². The lowest BCUT2D eigenvalue weighted by molar-refractivity contribution is -0.385. The zero-order valence-corrected chi connectivity index (χ0v) is 10.8. The lowest BCUT2D eigenvalue weighted by Crippen LogP contribution is -2.55. The van der Waals surface area contributed by atoms with E-state index in [2.05, 4.69) is 24.2 Å². The molecule has 2 rings (SSSR count). The van der Waals surface area contributed by atoms with Crippen molar-refractivity contribution in [3.63, 3.8) is 0 Å². The maximum Gasteiger partial charge on any atom is 0.272 e. The summed E-state index contributed by atoms with van der Waals surface area (Å²) in [6.45, 7) is 4.09. The Hall–Kier alpha value is -1.46. The molecule has 5 nitrogen and oxygen atoms in total. The molecule has 0 radical (unpaired) electrons. The van der Waals surface area contributed by atoms with Crippen molar-refractivity contribution in [1.29, 1.82) is 0 Å². The molecule has 1 aliphatic rings. The van der Waals surface area contributed by atoms with Crippen molar-refractivity contribution in [2.45, 2.75) is 25.4 Å². The summed E-state index contributed by atoms with van der Waals surface area (Å²) in [5, 5.41) is 14.4. The molecule has 1 heterocycles. The molecule has 98 valence electrons. The molecule has 18 heavy (non-hydrogen) atoms. The molecule has 1 saturated heterocycles. The topological polar surface area (TPSA) is 58.4 Å². The Bertz CT molecular complexity index is 426. The SMILES string of the molecule is CC1NCCN(C)C1Cc1ccccc1[N+](=O)[O-]. The zero-order chi connectivity index (χ0) is 13.1. The number of likely N-dealkylation sites (N-methyl/N-ethyl adjacent to an activating group) is 1. The molecular formula is C13H19N3O2. The van der Waals surface area contributed by atoms with Crippen LogP contribution in [-0.4, -0.2) is 42.0 Å². The highest BCUT2D eigenvalue weighted by atomic mass is 16.6. The number of nitrogens with zero attached hydrogens (tertiary/aromatic N) is 2. The monoisotopic (exact) mass is 249 g/mol. The van der Waals surface area contributed by atoms with Crippen LogP contribution in [0.15, 0.2) is 24.3 Å². The number of benzene rings is 1. The van der Waals surface area contributed by atoms with Gasteiger partial charge in [0.05, 0.1) is 4.92 Å². The summed E-state index contributed by atoms with van der Waals surface area (Å²) in [4.78, 5) is 13.0. The number of hydrogen-bond donors (Lipinski definition) is 1. The van der Waals surface area contributed by atoms with Gasteiger partial charge in [0.2, 0.25) is 0 Å². The van der Waals surface area contributed by atoms with Gasteiger partial charge in [0, 0.05) is 36.8 Å². The Morgan fingerprint density at radius 1 is 1.50 bits per heavy atom. The van der Waals surface area contributed by atoms with E-state index in [-0.39, 0.29) is 10.6 Å². The van der Waals surface area contributed by atoms with Crippen molar-refractivity contribution in [3.8, 4) is 0 Å². The maximum atomic E-state index is 11.0. The summed E-state index contributed by atoms with van der Waals surface area (Å²) >= 11 is 0. The van der Waals surface area contributed by atoms with Crippen LogP contribution in [0.5, 0.6) is 0 Å². The smallest absolute Gasteiger partial charge is 0.272 e. The number of nitro benzene ring substituents is 1. The first kappa shape index (κ1) is 13.0. The van der Waals surface area contributed by atoms with Crippen LogP contribution < -0.4 is 5.32 Å². The minimum absolute atomic E-state index is 0.226. The van der Waals surface area contributed by atoms with Crippen molar-refractivity contribution in [2.75, 3.05) is 20.1 Å². The predicted octanol–water partition coefficient (Wildman–Crippen LogP) is 1.43. The van der Waals surface area contributed by atoms with E-state index >= 15 is 0 Å². The Balaban J connectivity index is 2.20. The molecule has 0 saturated carbocycles. The van der Waals surface area contributed by atoms with E-state index in [4.69, 9.17) is 0 Å². The molecule has 2 unspecified atom stereocenters. The van der Waals surface area contributed by atoms with Crippen molar-refractivity contribution in [3.05, 3.63) is 39.9 Å². The quantitative estimate of drug-likeness (QED) is 0.650. The molecule has 1 aromatic carbocycles. The van der Waals surface area contributed by atoms with Crippen molar-refractivity contribution < 1.29 is 4.92 Å². The second kappa shape index (κ2) is 5.46. The Kier molecular flexibility index (Phi) is 3.93. The van der Waals surface area contributed by atoms with Gasteiger partial charge in [-0.25, -0.2) is 0 Å². The predicted molar refractivity (Wildman–Crippen MR) is 70.7 cm³/mol. The largest absolute Gasteiger partial charge is 0.311 e. The summed E-state index contributed by atoms with van der Waals surface area (Å²) in [5.74, 6) is 0. The summed E-state index contributed by atoms with van der Waals surface area (Å²) in [6, 6.07) is 7.67. The van der Waals surface area contributed by atoms with Gasteiger partial charge < -0.3 is 10.2 Å². The fraction of sp³-hybridized carbons (Fsp3) is 0.538. The van der Waals surface area contributed by atoms with Crippen LogP contribution in [0.25, 0.3) is 0 Å². The van der Waals surface area contributed by atoms with Gasteiger partial charge in [-0.15, -0.1) is 0 Å². The lowest BCUT2D eigenvalue weighted by atomic mass is 9.96. The van der Waals surface area contributed by atoms with Gasteiger partial charge >= 0.3 is 0 Å².